The average molecular weight is 364 g/mol. The standard InChI is InChI=1S/C17H18BrNO3/c1-3-14(22-16-11-7-6-10-15(16)21-2)17(20)19-13-9-5-4-8-12(13)18/h4-11,14H,3H2,1-2H3,(H,19,20)/t14-/m0/s1. The molecule has 4 nitrogen and oxygen atoms in total. The Labute approximate surface area is 138 Å². The lowest BCUT2D eigenvalue weighted by Gasteiger charge is -2.19. The first kappa shape index (κ1) is 16.4. The van der Waals surface area contributed by atoms with Gasteiger partial charge in [0.25, 0.3) is 5.91 Å². The van der Waals surface area contributed by atoms with Crippen LogP contribution in [0.4, 0.5) is 5.69 Å². The van der Waals surface area contributed by atoms with E-state index >= 15 is 0 Å². The molecule has 0 bridgehead atoms. The van der Waals surface area contributed by atoms with E-state index in [-0.39, 0.29) is 5.91 Å². The van der Waals surface area contributed by atoms with Gasteiger partial charge in [0.2, 0.25) is 0 Å². The van der Waals surface area contributed by atoms with Crippen molar-refractivity contribution in [2.45, 2.75) is 19.4 Å². The maximum atomic E-state index is 12.4. The van der Waals surface area contributed by atoms with Gasteiger partial charge in [0.1, 0.15) is 0 Å². The normalized spacial score (nSPS) is 11.6. The molecule has 1 N–H and O–H groups in total. The van der Waals surface area contributed by atoms with Crippen LogP contribution in [0.15, 0.2) is 53.0 Å². The molecule has 0 radical (unpaired) electrons. The molecule has 0 spiro atoms. The number of carbonyl (C=O) groups excluding carboxylic acids is 1. The van der Waals surface area contributed by atoms with Crippen LogP contribution < -0.4 is 14.8 Å². The number of rotatable bonds is 6. The summed E-state index contributed by atoms with van der Waals surface area (Å²) < 4.78 is 11.9. The van der Waals surface area contributed by atoms with Gasteiger partial charge >= 0.3 is 0 Å². The number of nitrogens with one attached hydrogen (secondary N) is 1. The Morgan fingerprint density at radius 3 is 2.41 bits per heavy atom. The molecule has 0 unspecified atom stereocenters. The summed E-state index contributed by atoms with van der Waals surface area (Å²) in [5.74, 6) is 0.967. The van der Waals surface area contributed by atoms with E-state index in [0.717, 1.165) is 10.2 Å². The van der Waals surface area contributed by atoms with Crippen LogP contribution in [0.5, 0.6) is 11.5 Å². The summed E-state index contributed by atoms with van der Waals surface area (Å²) in [5.41, 5.74) is 0.717. The molecule has 1 atom stereocenters. The summed E-state index contributed by atoms with van der Waals surface area (Å²) in [6, 6.07) is 14.7. The Hall–Kier alpha value is -2.01. The predicted octanol–water partition coefficient (Wildman–Crippen LogP) is 4.25. The van der Waals surface area contributed by atoms with Crippen LogP contribution in [0.3, 0.4) is 0 Å². The third-order valence-corrected chi connectivity index (χ3v) is 3.82. The molecule has 0 heterocycles. The van der Waals surface area contributed by atoms with Crippen molar-refractivity contribution in [2.24, 2.45) is 0 Å². The highest BCUT2D eigenvalue weighted by Crippen LogP contribution is 2.28. The van der Waals surface area contributed by atoms with E-state index in [9.17, 15) is 4.79 Å². The van der Waals surface area contributed by atoms with Gasteiger partial charge in [-0.05, 0) is 46.6 Å². The van der Waals surface area contributed by atoms with E-state index in [4.69, 9.17) is 9.47 Å². The van der Waals surface area contributed by atoms with E-state index < -0.39 is 6.10 Å². The molecule has 1 amide bonds. The largest absolute Gasteiger partial charge is 0.493 e. The topological polar surface area (TPSA) is 47.6 Å². The smallest absolute Gasteiger partial charge is 0.265 e. The number of methoxy groups -OCH3 is 1. The maximum Gasteiger partial charge on any atom is 0.265 e. The quantitative estimate of drug-likeness (QED) is 0.834. The Balaban J connectivity index is 2.11. The van der Waals surface area contributed by atoms with Gasteiger partial charge in [-0.25, -0.2) is 0 Å². The molecular formula is C17H18BrNO3. The van der Waals surface area contributed by atoms with Crippen LogP contribution in [0.2, 0.25) is 0 Å². The van der Waals surface area contributed by atoms with Gasteiger partial charge in [-0.3, -0.25) is 4.79 Å². The lowest BCUT2D eigenvalue weighted by atomic mass is 10.2. The minimum atomic E-state index is -0.594. The molecule has 0 aliphatic rings. The molecule has 0 fully saturated rings. The Bertz CT molecular complexity index is 645. The highest BCUT2D eigenvalue weighted by molar-refractivity contribution is 9.10. The number of amides is 1. The molecule has 2 aromatic carbocycles. The predicted molar refractivity (Wildman–Crippen MR) is 90.5 cm³/mol. The number of ether oxygens (including phenoxy) is 2. The van der Waals surface area contributed by atoms with Crippen molar-refractivity contribution in [3.05, 3.63) is 53.0 Å². The number of carbonyl (C=O) groups is 1. The summed E-state index contributed by atoms with van der Waals surface area (Å²) >= 11 is 3.41. The molecular weight excluding hydrogens is 346 g/mol. The van der Waals surface area contributed by atoms with Crippen LogP contribution in [0.1, 0.15) is 13.3 Å². The zero-order valence-corrected chi connectivity index (χ0v) is 14.1. The van der Waals surface area contributed by atoms with Crippen molar-refractivity contribution in [1.82, 2.24) is 0 Å². The fraction of sp³-hybridized carbons (Fsp3) is 0.235. The van der Waals surface area contributed by atoms with Gasteiger partial charge in [0.05, 0.1) is 12.8 Å². The summed E-state index contributed by atoms with van der Waals surface area (Å²) in [4.78, 5) is 12.4. The van der Waals surface area contributed by atoms with E-state index in [0.29, 0.717) is 17.9 Å². The Morgan fingerprint density at radius 1 is 1.14 bits per heavy atom. The number of para-hydroxylation sites is 3. The first-order chi connectivity index (χ1) is 10.7. The minimum Gasteiger partial charge on any atom is -0.493 e. The van der Waals surface area contributed by atoms with Crippen LogP contribution in [-0.4, -0.2) is 19.1 Å². The zero-order valence-electron chi connectivity index (χ0n) is 12.5. The highest BCUT2D eigenvalue weighted by atomic mass is 79.9. The number of benzene rings is 2. The lowest BCUT2D eigenvalue weighted by Crippen LogP contribution is -2.32. The first-order valence-corrected chi connectivity index (χ1v) is 7.80. The van der Waals surface area contributed by atoms with E-state index in [1.807, 2.05) is 43.3 Å². The molecule has 2 rings (SSSR count). The van der Waals surface area contributed by atoms with Crippen LogP contribution in [0, 0.1) is 0 Å². The SMILES string of the molecule is CC[C@H](Oc1ccccc1OC)C(=O)Nc1ccccc1Br. The molecule has 0 aliphatic carbocycles. The van der Waals surface area contributed by atoms with Crippen molar-refractivity contribution in [1.29, 1.82) is 0 Å². The third-order valence-electron chi connectivity index (χ3n) is 3.13. The van der Waals surface area contributed by atoms with Crippen LogP contribution >= 0.6 is 15.9 Å². The fourth-order valence-corrected chi connectivity index (χ4v) is 2.35. The molecule has 0 aliphatic heterocycles. The van der Waals surface area contributed by atoms with E-state index in [1.165, 1.54) is 0 Å². The second-order valence-corrected chi connectivity index (χ2v) is 5.49. The molecule has 22 heavy (non-hydrogen) atoms. The summed E-state index contributed by atoms with van der Waals surface area (Å²) in [6.07, 6.45) is -0.0441. The van der Waals surface area contributed by atoms with Crippen LogP contribution in [-0.2, 0) is 4.79 Å². The number of halogens is 1. The van der Waals surface area contributed by atoms with Crippen molar-refractivity contribution in [3.8, 4) is 11.5 Å². The van der Waals surface area contributed by atoms with Gasteiger partial charge in [0, 0.05) is 4.47 Å². The second kappa shape index (κ2) is 7.84. The van der Waals surface area contributed by atoms with E-state index in [2.05, 4.69) is 21.2 Å². The van der Waals surface area contributed by atoms with Gasteiger partial charge in [-0.15, -0.1) is 0 Å². The fourth-order valence-electron chi connectivity index (χ4n) is 1.97. The van der Waals surface area contributed by atoms with Crippen LogP contribution in [0.25, 0.3) is 0 Å². The summed E-state index contributed by atoms with van der Waals surface area (Å²) in [6.45, 7) is 1.90. The molecule has 0 saturated heterocycles. The molecule has 0 aromatic heterocycles. The van der Waals surface area contributed by atoms with Crippen molar-refractivity contribution in [2.75, 3.05) is 12.4 Å². The van der Waals surface area contributed by atoms with Gasteiger partial charge in [-0.2, -0.15) is 0 Å². The van der Waals surface area contributed by atoms with Gasteiger partial charge < -0.3 is 14.8 Å². The van der Waals surface area contributed by atoms with E-state index in [1.54, 1.807) is 19.2 Å². The number of hydrogen-bond acceptors (Lipinski definition) is 3. The molecule has 5 heteroatoms. The highest BCUT2D eigenvalue weighted by Gasteiger charge is 2.20. The molecule has 116 valence electrons. The number of hydrogen-bond donors (Lipinski definition) is 1. The van der Waals surface area contributed by atoms with Crippen molar-refractivity contribution in [3.63, 3.8) is 0 Å². The third kappa shape index (κ3) is 4.01. The summed E-state index contributed by atoms with van der Waals surface area (Å²) in [5, 5.41) is 2.87. The molecule has 2 aromatic rings. The average Bonchev–Trinajstić information content (AvgIpc) is 2.55. The molecule has 0 saturated carbocycles. The number of anilines is 1. The lowest BCUT2D eigenvalue weighted by molar-refractivity contribution is -0.122. The first-order valence-electron chi connectivity index (χ1n) is 7.00. The maximum absolute atomic E-state index is 12.4. The van der Waals surface area contributed by atoms with Crippen molar-refractivity contribution < 1.29 is 14.3 Å². The summed E-state index contributed by atoms with van der Waals surface area (Å²) in [7, 11) is 1.57. The van der Waals surface area contributed by atoms with Crippen molar-refractivity contribution >= 4 is 27.5 Å². The second-order valence-electron chi connectivity index (χ2n) is 4.63. The monoisotopic (exact) mass is 363 g/mol. The Morgan fingerprint density at radius 2 is 1.77 bits per heavy atom. The Kier molecular flexibility index (Phi) is 5.83. The minimum absolute atomic E-state index is 0.194. The zero-order chi connectivity index (χ0) is 15.9. The van der Waals surface area contributed by atoms with Gasteiger partial charge in [-0.1, -0.05) is 31.2 Å². The van der Waals surface area contributed by atoms with Gasteiger partial charge in [0.15, 0.2) is 17.6 Å².